The molecule has 4 aromatic carbocycles. The van der Waals surface area contributed by atoms with E-state index in [1.54, 1.807) is 30.3 Å². The van der Waals surface area contributed by atoms with E-state index in [4.69, 9.17) is 0 Å². The zero-order chi connectivity index (χ0) is 24.6. The van der Waals surface area contributed by atoms with Gasteiger partial charge in [-0.3, -0.25) is 4.79 Å². The second kappa shape index (κ2) is 11.7. The SMILES string of the molecule is O=C(Nc1ccccc1)Nc1ccc(SC(C(=O)Nc2ccc(Br)cc2F)c2ccccc2)cc1. The molecule has 1 atom stereocenters. The van der Waals surface area contributed by atoms with Crippen LogP contribution in [0.5, 0.6) is 0 Å². The number of hydrogen-bond donors (Lipinski definition) is 3. The molecule has 0 aliphatic rings. The van der Waals surface area contributed by atoms with E-state index >= 15 is 0 Å². The average molecular weight is 550 g/mol. The first-order valence-corrected chi connectivity index (χ1v) is 12.4. The van der Waals surface area contributed by atoms with Gasteiger partial charge < -0.3 is 16.0 Å². The molecular formula is C27H21BrFN3O2S. The number of thioether (sulfide) groups is 1. The first-order chi connectivity index (χ1) is 17.0. The first-order valence-electron chi connectivity index (χ1n) is 10.7. The summed E-state index contributed by atoms with van der Waals surface area (Å²) in [5.74, 6) is -0.861. The summed E-state index contributed by atoms with van der Waals surface area (Å²) in [7, 11) is 0. The highest BCUT2D eigenvalue weighted by Gasteiger charge is 2.23. The number of carbonyl (C=O) groups excluding carboxylic acids is 2. The lowest BCUT2D eigenvalue weighted by molar-refractivity contribution is -0.115. The minimum atomic E-state index is -0.612. The lowest BCUT2D eigenvalue weighted by atomic mass is 10.1. The Morgan fingerprint density at radius 3 is 1.97 bits per heavy atom. The fraction of sp³-hybridized carbons (Fsp3) is 0.0370. The molecule has 0 bridgehead atoms. The Labute approximate surface area is 215 Å². The summed E-state index contributed by atoms with van der Waals surface area (Å²) in [4.78, 5) is 26.2. The Balaban J connectivity index is 1.46. The van der Waals surface area contributed by atoms with Crippen LogP contribution in [0.3, 0.4) is 0 Å². The largest absolute Gasteiger partial charge is 0.323 e. The molecule has 0 heterocycles. The van der Waals surface area contributed by atoms with Gasteiger partial charge in [0, 0.05) is 20.7 Å². The number of nitrogens with one attached hydrogen (secondary N) is 3. The number of benzene rings is 4. The van der Waals surface area contributed by atoms with E-state index in [9.17, 15) is 14.0 Å². The van der Waals surface area contributed by atoms with Gasteiger partial charge in [0.25, 0.3) is 0 Å². The molecule has 176 valence electrons. The molecule has 0 saturated carbocycles. The first kappa shape index (κ1) is 24.5. The van der Waals surface area contributed by atoms with Crippen molar-refractivity contribution < 1.29 is 14.0 Å². The van der Waals surface area contributed by atoms with Crippen LogP contribution >= 0.6 is 27.7 Å². The van der Waals surface area contributed by atoms with Gasteiger partial charge in [-0.2, -0.15) is 0 Å². The minimum Gasteiger partial charge on any atom is -0.322 e. The molecule has 4 aromatic rings. The molecule has 0 fully saturated rings. The van der Waals surface area contributed by atoms with Crippen LogP contribution in [-0.2, 0) is 4.79 Å². The van der Waals surface area contributed by atoms with Gasteiger partial charge in [0.1, 0.15) is 11.1 Å². The third kappa shape index (κ3) is 6.94. The summed E-state index contributed by atoms with van der Waals surface area (Å²) in [5, 5.41) is 7.63. The molecule has 3 N–H and O–H groups in total. The summed E-state index contributed by atoms with van der Waals surface area (Å²) < 4.78 is 14.9. The third-order valence-electron chi connectivity index (χ3n) is 4.93. The number of rotatable bonds is 7. The van der Waals surface area contributed by atoms with Crippen molar-refractivity contribution in [1.82, 2.24) is 0 Å². The van der Waals surface area contributed by atoms with Gasteiger partial charge in [0.15, 0.2) is 0 Å². The third-order valence-corrected chi connectivity index (χ3v) is 6.69. The van der Waals surface area contributed by atoms with Crippen molar-refractivity contribution in [3.63, 3.8) is 0 Å². The minimum absolute atomic E-state index is 0.115. The molecule has 0 aliphatic heterocycles. The summed E-state index contributed by atoms with van der Waals surface area (Å²) in [6.45, 7) is 0. The molecular weight excluding hydrogens is 529 g/mol. The monoisotopic (exact) mass is 549 g/mol. The van der Waals surface area contributed by atoms with Crippen molar-refractivity contribution in [3.05, 3.63) is 119 Å². The Morgan fingerprint density at radius 1 is 0.743 bits per heavy atom. The van der Waals surface area contributed by atoms with Crippen molar-refractivity contribution in [3.8, 4) is 0 Å². The summed E-state index contributed by atoms with van der Waals surface area (Å²) in [6.07, 6.45) is 0. The lowest BCUT2D eigenvalue weighted by Crippen LogP contribution is -2.20. The van der Waals surface area contributed by atoms with E-state index in [0.29, 0.717) is 15.8 Å². The smallest absolute Gasteiger partial charge is 0.322 e. The van der Waals surface area contributed by atoms with E-state index in [0.717, 1.165) is 10.5 Å². The maximum atomic E-state index is 14.3. The average Bonchev–Trinajstić information content (AvgIpc) is 2.86. The Morgan fingerprint density at radius 2 is 1.34 bits per heavy atom. The van der Waals surface area contributed by atoms with E-state index in [1.807, 2.05) is 60.7 Å². The molecule has 0 radical (unpaired) electrons. The van der Waals surface area contributed by atoms with E-state index in [1.165, 1.54) is 23.9 Å². The van der Waals surface area contributed by atoms with Gasteiger partial charge in [-0.15, -0.1) is 11.8 Å². The number of hydrogen-bond acceptors (Lipinski definition) is 3. The van der Waals surface area contributed by atoms with Gasteiger partial charge in [-0.25, -0.2) is 9.18 Å². The summed E-state index contributed by atoms with van der Waals surface area (Å²) in [6, 6.07) is 29.8. The highest BCUT2D eigenvalue weighted by Crippen LogP contribution is 2.37. The fourth-order valence-corrected chi connectivity index (χ4v) is 4.62. The number of para-hydroxylation sites is 1. The van der Waals surface area contributed by atoms with Crippen LogP contribution in [-0.4, -0.2) is 11.9 Å². The number of carbonyl (C=O) groups is 2. The lowest BCUT2D eigenvalue weighted by Gasteiger charge is -2.18. The Bertz CT molecular complexity index is 1310. The summed E-state index contributed by atoms with van der Waals surface area (Å²) in [5.41, 5.74) is 2.21. The van der Waals surface area contributed by atoms with Crippen molar-refractivity contribution in [2.75, 3.05) is 16.0 Å². The number of urea groups is 1. The molecule has 3 amide bonds. The highest BCUT2D eigenvalue weighted by atomic mass is 79.9. The zero-order valence-corrected chi connectivity index (χ0v) is 20.8. The fourth-order valence-electron chi connectivity index (χ4n) is 3.26. The molecule has 8 heteroatoms. The summed E-state index contributed by atoms with van der Waals surface area (Å²) >= 11 is 4.56. The predicted octanol–water partition coefficient (Wildman–Crippen LogP) is 7.70. The van der Waals surface area contributed by atoms with Crippen molar-refractivity contribution in [2.24, 2.45) is 0 Å². The number of halogens is 2. The maximum Gasteiger partial charge on any atom is 0.323 e. The van der Waals surface area contributed by atoms with Crippen LogP contribution in [0.15, 0.2) is 112 Å². The van der Waals surface area contributed by atoms with Gasteiger partial charge >= 0.3 is 6.03 Å². The van der Waals surface area contributed by atoms with E-state index < -0.39 is 11.1 Å². The zero-order valence-electron chi connectivity index (χ0n) is 18.4. The number of amides is 3. The quantitative estimate of drug-likeness (QED) is 0.207. The van der Waals surface area contributed by atoms with Gasteiger partial charge in [-0.05, 0) is 60.2 Å². The second-order valence-electron chi connectivity index (χ2n) is 7.49. The number of anilines is 3. The molecule has 35 heavy (non-hydrogen) atoms. The van der Waals surface area contributed by atoms with Crippen molar-refractivity contribution in [1.29, 1.82) is 0 Å². The predicted molar refractivity (Wildman–Crippen MR) is 143 cm³/mol. The maximum absolute atomic E-state index is 14.3. The molecule has 0 aromatic heterocycles. The Hall–Kier alpha value is -3.62. The second-order valence-corrected chi connectivity index (χ2v) is 9.59. The van der Waals surface area contributed by atoms with Crippen LogP contribution in [0.2, 0.25) is 0 Å². The topological polar surface area (TPSA) is 70.2 Å². The van der Waals surface area contributed by atoms with Crippen LogP contribution in [0.4, 0.5) is 26.2 Å². The van der Waals surface area contributed by atoms with E-state index in [2.05, 4.69) is 31.9 Å². The van der Waals surface area contributed by atoms with E-state index in [-0.39, 0.29) is 17.6 Å². The molecule has 0 aliphatic carbocycles. The molecule has 4 rings (SSSR count). The van der Waals surface area contributed by atoms with Gasteiger partial charge in [0.2, 0.25) is 5.91 Å². The molecule has 5 nitrogen and oxygen atoms in total. The van der Waals surface area contributed by atoms with Gasteiger partial charge in [0.05, 0.1) is 5.69 Å². The van der Waals surface area contributed by atoms with Crippen LogP contribution in [0.25, 0.3) is 0 Å². The molecule has 0 saturated heterocycles. The van der Waals surface area contributed by atoms with Crippen molar-refractivity contribution >= 4 is 56.7 Å². The highest BCUT2D eigenvalue weighted by molar-refractivity contribution is 9.10. The van der Waals surface area contributed by atoms with Crippen LogP contribution < -0.4 is 16.0 Å². The van der Waals surface area contributed by atoms with Crippen LogP contribution in [0.1, 0.15) is 10.8 Å². The van der Waals surface area contributed by atoms with Crippen molar-refractivity contribution in [2.45, 2.75) is 10.1 Å². The standard InChI is InChI=1S/C27H21BrFN3O2S/c28-19-11-16-24(23(29)17-19)32-26(33)25(18-7-3-1-4-8-18)35-22-14-12-21(13-15-22)31-27(34)30-20-9-5-2-6-10-20/h1-17,25H,(H,32,33)(H2,30,31,34). The Kier molecular flexibility index (Phi) is 8.18. The molecule has 0 spiro atoms. The van der Waals surface area contributed by atoms with Gasteiger partial charge in [-0.1, -0.05) is 64.5 Å². The van der Waals surface area contributed by atoms with Crippen LogP contribution in [0, 0.1) is 5.82 Å². The molecule has 1 unspecified atom stereocenters. The normalized spacial score (nSPS) is 11.4.